The zero-order valence-corrected chi connectivity index (χ0v) is 20.6. The third-order valence-corrected chi connectivity index (χ3v) is 6.62. The minimum atomic E-state index is -0.763. The van der Waals surface area contributed by atoms with Crippen LogP contribution in [0.5, 0.6) is 0 Å². The molecule has 31 heavy (non-hydrogen) atoms. The maximum absolute atomic E-state index is 11.0. The van der Waals surface area contributed by atoms with Crippen molar-refractivity contribution in [1.29, 1.82) is 5.26 Å². The Kier molecular flexibility index (Phi) is 8.35. The molecule has 3 aromatic rings. The molecule has 5 heteroatoms. The van der Waals surface area contributed by atoms with Gasteiger partial charge >= 0.3 is 0 Å². The Bertz CT molecular complexity index is 1040. The first-order chi connectivity index (χ1) is 14.6. The van der Waals surface area contributed by atoms with Crippen LogP contribution in [0.2, 0.25) is 5.02 Å². The number of benzene rings is 3. The molecule has 1 aliphatic rings. The van der Waals surface area contributed by atoms with E-state index in [0.717, 1.165) is 56.4 Å². The molecule has 0 radical (unpaired) electrons. The van der Waals surface area contributed by atoms with Crippen molar-refractivity contribution in [3.05, 3.63) is 82.9 Å². The summed E-state index contributed by atoms with van der Waals surface area (Å²) in [6.45, 7) is 2.70. The van der Waals surface area contributed by atoms with Crippen LogP contribution < -0.4 is 0 Å². The highest BCUT2D eigenvalue weighted by Crippen LogP contribution is 2.33. The summed E-state index contributed by atoms with van der Waals surface area (Å²) in [6.07, 6.45) is 3.28. The topological polar surface area (TPSA) is 47.3 Å². The summed E-state index contributed by atoms with van der Waals surface area (Å²) in [5.41, 5.74) is 1.29. The molecule has 0 bridgehead atoms. The van der Waals surface area contributed by atoms with Crippen LogP contribution in [0.3, 0.4) is 0 Å². The molecule has 1 atom stereocenters. The molecule has 162 valence electrons. The molecule has 1 unspecified atom stereocenters. The van der Waals surface area contributed by atoms with E-state index in [0.29, 0.717) is 5.02 Å². The second-order valence-electron chi connectivity index (χ2n) is 8.31. The zero-order chi connectivity index (χ0) is 21.0. The second-order valence-corrected chi connectivity index (χ2v) is 8.75. The van der Waals surface area contributed by atoms with Crippen LogP contribution in [0.4, 0.5) is 0 Å². The highest BCUT2D eigenvalue weighted by Gasteiger charge is 2.33. The van der Waals surface area contributed by atoms with Crippen molar-refractivity contribution in [2.75, 3.05) is 19.6 Å². The number of nitrogens with zero attached hydrogens (tertiary/aromatic N) is 2. The molecule has 0 saturated carbocycles. The van der Waals surface area contributed by atoms with E-state index in [1.165, 1.54) is 10.8 Å². The molecular weight excluding hydrogens is 519 g/mol. The molecular formula is C26H28ClIN2O. The minimum absolute atomic E-state index is 0. The number of nitriles is 1. The van der Waals surface area contributed by atoms with Crippen molar-refractivity contribution in [2.45, 2.75) is 37.2 Å². The summed E-state index contributed by atoms with van der Waals surface area (Å²) in [5, 5.41) is 23.8. The highest BCUT2D eigenvalue weighted by molar-refractivity contribution is 14.0. The van der Waals surface area contributed by atoms with E-state index in [-0.39, 0.29) is 29.9 Å². The van der Waals surface area contributed by atoms with Gasteiger partial charge < -0.3 is 10.0 Å². The van der Waals surface area contributed by atoms with E-state index in [9.17, 15) is 10.4 Å². The Balaban J connectivity index is 0.00000272. The van der Waals surface area contributed by atoms with Gasteiger partial charge in [0.15, 0.2) is 0 Å². The van der Waals surface area contributed by atoms with Gasteiger partial charge in [-0.25, -0.2) is 0 Å². The summed E-state index contributed by atoms with van der Waals surface area (Å²) in [5.74, 6) is -0.0783. The lowest BCUT2D eigenvalue weighted by atomic mass is 9.84. The van der Waals surface area contributed by atoms with Gasteiger partial charge in [0.2, 0.25) is 0 Å². The van der Waals surface area contributed by atoms with Crippen LogP contribution in [-0.2, 0) is 5.60 Å². The van der Waals surface area contributed by atoms with Gasteiger partial charge in [0.1, 0.15) is 0 Å². The van der Waals surface area contributed by atoms with Crippen LogP contribution in [0.15, 0.2) is 66.7 Å². The smallest absolute Gasteiger partial charge is 0.0920 e. The summed E-state index contributed by atoms with van der Waals surface area (Å²) in [4.78, 5) is 2.40. The van der Waals surface area contributed by atoms with Crippen molar-refractivity contribution < 1.29 is 5.11 Å². The standard InChI is InChI=1S/C26H27ClN2O.HI/c27-25-11-9-24(10-12-25)26(30)13-16-29(17-14-26)15-3-6-23(19-28)22-8-7-20-4-1-2-5-21(20)18-22;/h1-2,4-5,7-12,18,23,30H,3,6,13-17H2;1H. The lowest BCUT2D eigenvalue weighted by Crippen LogP contribution is -2.42. The lowest BCUT2D eigenvalue weighted by Gasteiger charge is -2.38. The molecule has 0 spiro atoms. The van der Waals surface area contributed by atoms with Gasteiger partial charge in [0, 0.05) is 18.1 Å². The van der Waals surface area contributed by atoms with Gasteiger partial charge in [-0.1, -0.05) is 60.1 Å². The first kappa shape index (κ1) is 24.0. The Morgan fingerprint density at radius 2 is 1.68 bits per heavy atom. The largest absolute Gasteiger partial charge is 0.385 e. The maximum atomic E-state index is 11.0. The van der Waals surface area contributed by atoms with Crippen molar-refractivity contribution in [3.63, 3.8) is 0 Å². The van der Waals surface area contributed by atoms with Crippen molar-refractivity contribution in [3.8, 4) is 6.07 Å². The van der Waals surface area contributed by atoms with E-state index in [1.807, 2.05) is 36.4 Å². The van der Waals surface area contributed by atoms with E-state index in [4.69, 9.17) is 11.6 Å². The molecule has 0 aromatic heterocycles. The van der Waals surface area contributed by atoms with Crippen LogP contribution >= 0.6 is 35.6 Å². The third kappa shape index (κ3) is 5.78. The fourth-order valence-electron chi connectivity index (χ4n) is 4.44. The summed E-state index contributed by atoms with van der Waals surface area (Å²) < 4.78 is 0. The molecule has 1 aliphatic heterocycles. The van der Waals surface area contributed by atoms with Crippen LogP contribution in [0, 0.1) is 11.3 Å². The number of rotatable bonds is 6. The first-order valence-electron chi connectivity index (χ1n) is 10.7. The molecule has 1 fully saturated rings. The molecule has 3 aromatic carbocycles. The van der Waals surface area contributed by atoms with E-state index in [2.05, 4.69) is 41.3 Å². The molecule has 0 aliphatic carbocycles. The summed E-state index contributed by atoms with van der Waals surface area (Å²) in [6, 6.07) is 24.7. The van der Waals surface area contributed by atoms with Crippen LogP contribution in [0.25, 0.3) is 10.8 Å². The van der Waals surface area contributed by atoms with Crippen molar-refractivity contribution in [2.24, 2.45) is 0 Å². The van der Waals surface area contributed by atoms with Crippen molar-refractivity contribution >= 4 is 46.4 Å². The van der Waals surface area contributed by atoms with Gasteiger partial charge in [0.25, 0.3) is 0 Å². The number of piperidine rings is 1. The number of halogens is 2. The molecule has 1 N–H and O–H groups in total. The monoisotopic (exact) mass is 546 g/mol. The minimum Gasteiger partial charge on any atom is -0.385 e. The van der Waals surface area contributed by atoms with Gasteiger partial charge in [-0.15, -0.1) is 24.0 Å². The quantitative estimate of drug-likeness (QED) is 0.360. The Morgan fingerprint density at radius 1 is 1.00 bits per heavy atom. The van der Waals surface area contributed by atoms with Gasteiger partial charge in [-0.05, 0) is 72.3 Å². The lowest BCUT2D eigenvalue weighted by molar-refractivity contribution is -0.0261. The molecule has 0 amide bonds. The fraction of sp³-hybridized carbons (Fsp3) is 0.346. The third-order valence-electron chi connectivity index (χ3n) is 6.36. The SMILES string of the molecule is I.N#CC(CCCN1CCC(O)(c2ccc(Cl)cc2)CC1)c1ccc2ccccc2c1. The Hall–Kier alpha value is -1.65. The van der Waals surface area contributed by atoms with Gasteiger partial charge in [0.05, 0.1) is 17.6 Å². The summed E-state index contributed by atoms with van der Waals surface area (Å²) >= 11 is 5.97. The van der Waals surface area contributed by atoms with E-state index >= 15 is 0 Å². The number of hydrogen-bond acceptors (Lipinski definition) is 3. The summed E-state index contributed by atoms with van der Waals surface area (Å²) in [7, 11) is 0. The van der Waals surface area contributed by atoms with E-state index in [1.54, 1.807) is 0 Å². The average Bonchev–Trinajstić information content (AvgIpc) is 2.78. The fourth-order valence-corrected chi connectivity index (χ4v) is 4.57. The maximum Gasteiger partial charge on any atom is 0.0920 e. The van der Waals surface area contributed by atoms with Gasteiger partial charge in [-0.3, -0.25) is 0 Å². The zero-order valence-electron chi connectivity index (χ0n) is 17.5. The Morgan fingerprint density at radius 3 is 2.35 bits per heavy atom. The van der Waals surface area contributed by atoms with E-state index < -0.39 is 5.60 Å². The second kappa shape index (κ2) is 10.8. The number of fused-ring (bicyclic) bond motifs is 1. The Labute approximate surface area is 206 Å². The number of likely N-dealkylation sites (tertiary alicyclic amines) is 1. The van der Waals surface area contributed by atoms with Crippen molar-refractivity contribution in [1.82, 2.24) is 4.90 Å². The van der Waals surface area contributed by atoms with Crippen LogP contribution in [0.1, 0.15) is 42.7 Å². The molecule has 3 nitrogen and oxygen atoms in total. The predicted molar refractivity (Wildman–Crippen MR) is 138 cm³/mol. The molecule has 1 saturated heterocycles. The average molecular weight is 547 g/mol. The number of aliphatic hydroxyl groups is 1. The number of hydrogen-bond donors (Lipinski definition) is 1. The van der Waals surface area contributed by atoms with Crippen LogP contribution in [-0.4, -0.2) is 29.6 Å². The first-order valence-corrected chi connectivity index (χ1v) is 11.0. The normalized spacial score (nSPS) is 16.9. The van der Waals surface area contributed by atoms with Gasteiger partial charge in [-0.2, -0.15) is 5.26 Å². The molecule has 1 heterocycles. The molecule has 4 rings (SSSR count). The predicted octanol–water partition coefficient (Wildman–Crippen LogP) is 6.48. The highest BCUT2D eigenvalue weighted by atomic mass is 127.